The maximum Gasteiger partial charge on any atom is 0.251 e. The van der Waals surface area contributed by atoms with Crippen molar-refractivity contribution >= 4 is 15.9 Å². The van der Waals surface area contributed by atoms with Crippen LogP contribution in [0.2, 0.25) is 0 Å². The highest BCUT2D eigenvalue weighted by Gasteiger charge is 2.15. The summed E-state index contributed by atoms with van der Waals surface area (Å²) in [5, 5.41) is 6.48. The number of carbonyl (C=O) groups is 1. The predicted molar refractivity (Wildman–Crippen MR) is 101 cm³/mol. The summed E-state index contributed by atoms with van der Waals surface area (Å²) >= 11 is 0. The summed E-state index contributed by atoms with van der Waals surface area (Å²) in [7, 11) is -3.56. The summed E-state index contributed by atoms with van der Waals surface area (Å²) in [6.07, 6.45) is 2.31. The predicted octanol–water partition coefficient (Wildman–Crippen LogP) is 1.75. The van der Waals surface area contributed by atoms with E-state index in [0.717, 1.165) is 0 Å². The molecule has 146 valence electrons. The molecule has 2 N–H and O–H groups in total. The molecule has 0 atom stereocenters. The molecule has 0 aliphatic heterocycles. The number of hydrogen-bond acceptors (Lipinski definition) is 7. The van der Waals surface area contributed by atoms with Crippen LogP contribution < -0.4 is 10.0 Å². The van der Waals surface area contributed by atoms with Gasteiger partial charge in [-0.05, 0) is 42.8 Å². The summed E-state index contributed by atoms with van der Waals surface area (Å²) in [5.74, 6) is 0.180. The first kappa shape index (κ1) is 19.6. The maximum absolute atomic E-state index is 12.2. The second-order valence-corrected chi connectivity index (χ2v) is 7.60. The van der Waals surface area contributed by atoms with Gasteiger partial charge in [-0.2, -0.15) is 4.98 Å². The topological polar surface area (TPSA) is 127 Å². The lowest BCUT2D eigenvalue weighted by atomic mass is 10.2. The van der Waals surface area contributed by atoms with Gasteiger partial charge in [0, 0.05) is 18.3 Å². The lowest BCUT2D eigenvalue weighted by Crippen LogP contribution is -2.25. The van der Waals surface area contributed by atoms with Gasteiger partial charge in [-0.1, -0.05) is 18.1 Å². The molecule has 2 heterocycles. The molecule has 0 aliphatic rings. The van der Waals surface area contributed by atoms with Crippen molar-refractivity contribution in [2.24, 2.45) is 0 Å². The molecular formula is C18H19N5O4S. The first-order chi connectivity index (χ1) is 13.5. The molecule has 10 heteroatoms. The minimum atomic E-state index is -3.56. The van der Waals surface area contributed by atoms with E-state index < -0.39 is 10.0 Å². The second-order valence-electron chi connectivity index (χ2n) is 5.83. The summed E-state index contributed by atoms with van der Waals surface area (Å²) in [6, 6.07) is 11.0. The number of nitrogens with zero attached hydrogens (tertiary/aromatic N) is 3. The van der Waals surface area contributed by atoms with E-state index in [-0.39, 0.29) is 23.2 Å². The highest BCUT2D eigenvalue weighted by atomic mass is 32.2. The van der Waals surface area contributed by atoms with Gasteiger partial charge >= 0.3 is 0 Å². The lowest BCUT2D eigenvalue weighted by Gasteiger charge is -2.07. The molecule has 0 bridgehead atoms. The van der Waals surface area contributed by atoms with Crippen LogP contribution in [0.5, 0.6) is 0 Å². The van der Waals surface area contributed by atoms with E-state index in [2.05, 4.69) is 25.2 Å². The number of aromatic nitrogens is 3. The van der Waals surface area contributed by atoms with Crippen LogP contribution in [0, 0.1) is 0 Å². The van der Waals surface area contributed by atoms with Crippen molar-refractivity contribution in [3.8, 4) is 11.5 Å². The molecule has 9 nitrogen and oxygen atoms in total. The first-order valence-electron chi connectivity index (χ1n) is 8.61. The zero-order valence-electron chi connectivity index (χ0n) is 15.1. The van der Waals surface area contributed by atoms with E-state index in [1.807, 2.05) is 13.0 Å². The fourth-order valence-corrected chi connectivity index (χ4v) is 3.42. The van der Waals surface area contributed by atoms with E-state index in [1.165, 1.54) is 24.3 Å². The van der Waals surface area contributed by atoms with E-state index in [4.69, 9.17) is 4.52 Å². The zero-order chi connectivity index (χ0) is 20.0. The number of carbonyl (C=O) groups excluding carboxylic acids is 1. The van der Waals surface area contributed by atoms with E-state index in [1.54, 1.807) is 18.3 Å². The third-order valence-electron chi connectivity index (χ3n) is 3.73. The summed E-state index contributed by atoms with van der Waals surface area (Å²) < 4.78 is 31.7. The average molecular weight is 401 g/mol. The van der Waals surface area contributed by atoms with Gasteiger partial charge in [-0.15, -0.1) is 0 Å². The molecule has 2 aromatic heterocycles. The van der Waals surface area contributed by atoms with Crippen molar-refractivity contribution < 1.29 is 17.7 Å². The Morgan fingerprint density at radius 3 is 2.61 bits per heavy atom. The molecular weight excluding hydrogens is 382 g/mol. The minimum Gasteiger partial charge on any atom is -0.343 e. The molecule has 3 aromatic rings. The van der Waals surface area contributed by atoms with Gasteiger partial charge in [0.1, 0.15) is 5.69 Å². The van der Waals surface area contributed by atoms with Gasteiger partial charge in [-0.25, -0.2) is 13.1 Å². The van der Waals surface area contributed by atoms with Crippen molar-refractivity contribution in [2.75, 3.05) is 6.54 Å². The fourth-order valence-electron chi connectivity index (χ4n) is 2.29. The van der Waals surface area contributed by atoms with Gasteiger partial charge in [0.15, 0.2) is 0 Å². The summed E-state index contributed by atoms with van der Waals surface area (Å²) in [6.45, 7) is 2.27. The van der Waals surface area contributed by atoms with Gasteiger partial charge in [0.25, 0.3) is 5.91 Å². The molecule has 0 saturated heterocycles. The standard InChI is InChI=1S/C18H19N5O4S/c1-2-10-21-28(25,26)14-8-6-13(7-9-14)18(24)20-12-16-22-17(23-27-16)15-5-3-4-11-19-15/h3-9,11,21H,2,10,12H2,1H3,(H,20,24). The highest BCUT2D eigenvalue weighted by Crippen LogP contribution is 2.13. The Kier molecular flexibility index (Phi) is 6.12. The monoisotopic (exact) mass is 401 g/mol. The summed E-state index contributed by atoms with van der Waals surface area (Å²) in [5.41, 5.74) is 0.885. The third kappa shape index (κ3) is 4.78. The Labute approximate surface area is 162 Å². The number of amides is 1. The van der Waals surface area contributed by atoms with E-state index in [9.17, 15) is 13.2 Å². The van der Waals surface area contributed by atoms with Crippen molar-refractivity contribution in [3.05, 3.63) is 60.1 Å². The third-order valence-corrected chi connectivity index (χ3v) is 5.21. The van der Waals surface area contributed by atoms with Crippen molar-refractivity contribution in [1.82, 2.24) is 25.2 Å². The largest absolute Gasteiger partial charge is 0.343 e. The molecule has 28 heavy (non-hydrogen) atoms. The number of nitrogens with one attached hydrogen (secondary N) is 2. The SMILES string of the molecule is CCCNS(=O)(=O)c1ccc(C(=O)NCc2nc(-c3ccccn3)no2)cc1. The Bertz CT molecular complexity index is 1030. The molecule has 0 unspecified atom stereocenters. The Hall–Kier alpha value is -3.11. The normalized spacial score (nSPS) is 11.3. The minimum absolute atomic E-state index is 0.0385. The van der Waals surface area contributed by atoms with Crippen LogP contribution >= 0.6 is 0 Å². The quantitative estimate of drug-likeness (QED) is 0.588. The van der Waals surface area contributed by atoms with Crippen molar-refractivity contribution in [1.29, 1.82) is 0 Å². The van der Waals surface area contributed by atoms with Crippen LogP contribution in [-0.2, 0) is 16.6 Å². The Balaban J connectivity index is 1.60. The lowest BCUT2D eigenvalue weighted by molar-refractivity contribution is 0.0946. The number of hydrogen-bond donors (Lipinski definition) is 2. The molecule has 1 amide bonds. The second kappa shape index (κ2) is 8.72. The molecule has 0 fully saturated rings. The Morgan fingerprint density at radius 2 is 1.93 bits per heavy atom. The molecule has 0 saturated carbocycles. The van der Waals surface area contributed by atoms with Crippen LogP contribution in [0.1, 0.15) is 29.6 Å². The van der Waals surface area contributed by atoms with Crippen LogP contribution in [-0.4, -0.2) is 36.0 Å². The van der Waals surface area contributed by atoms with Crippen LogP contribution in [0.15, 0.2) is 58.1 Å². The van der Waals surface area contributed by atoms with Crippen molar-refractivity contribution in [3.63, 3.8) is 0 Å². The maximum atomic E-state index is 12.2. The van der Waals surface area contributed by atoms with Crippen LogP contribution in [0.4, 0.5) is 0 Å². The molecule has 0 spiro atoms. The van der Waals surface area contributed by atoms with E-state index in [0.29, 0.717) is 30.0 Å². The fraction of sp³-hybridized carbons (Fsp3) is 0.222. The summed E-state index contributed by atoms with van der Waals surface area (Å²) in [4.78, 5) is 20.7. The van der Waals surface area contributed by atoms with Crippen LogP contribution in [0.3, 0.4) is 0 Å². The average Bonchev–Trinajstić information content (AvgIpc) is 3.20. The van der Waals surface area contributed by atoms with Gasteiger partial charge in [0.05, 0.1) is 11.4 Å². The molecule has 1 aromatic carbocycles. The molecule has 0 radical (unpaired) electrons. The van der Waals surface area contributed by atoms with E-state index >= 15 is 0 Å². The Morgan fingerprint density at radius 1 is 1.14 bits per heavy atom. The van der Waals surface area contributed by atoms with Gasteiger partial charge < -0.3 is 9.84 Å². The number of benzene rings is 1. The zero-order valence-corrected chi connectivity index (χ0v) is 15.9. The number of sulfonamides is 1. The van der Waals surface area contributed by atoms with Crippen LogP contribution in [0.25, 0.3) is 11.5 Å². The highest BCUT2D eigenvalue weighted by molar-refractivity contribution is 7.89. The molecule has 0 aliphatic carbocycles. The van der Waals surface area contributed by atoms with Crippen molar-refractivity contribution in [2.45, 2.75) is 24.8 Å². The number of pyridine rings is 1. The smallest absolute Gasteiger partial charge is 0.251 e. The molecule has 3 rings (SSSR count). The van der Waals surface area contributed by atoms with Gasteiger partial charge in [0.2, 0.25) is 21.7 Å². The first-order valence-corrected chi connectivity index (χ1v) is 10.1. The van der Waals surface area contributed by atoms with Gasteiger partial charge in [-0.3, -0.25) is 9.78 Å². The number of rotatable bonds is 8.